The van der Waals surface area contributed by atoms with E-state index in [1.54, 1.807) is 0 Å². The van der Waals surface area contributed by atoms with Gasteiger partial charge >= 0.3 is 0 Å². The third-order valence-corrected chi connectivity index (χ3v) is 7.32. The molecule has 0 aromatic heterocycles. The number of nitriles is 1. The minimum atomic E-state index is -3.11. The van der Waals surface area contributed by atoms with E-state index in [-0.39, 0.29) is 24.8 Å². The monoisotopic (exact) mass is 309 g/mol. The fourth-order valence-corrected chi connectivity index (χ4v) is 6.16. The fourth-order valence-electron chi connectivity index (χ4n) is 3.60. The van der Waals surface area contributed by atoms with Gasteiger partial charge in [-0.3, -0.25) is 0 Å². The quantitative estimate of drug-likeness (QED) is 0.902. The Morgan fingerprint density at radius 2 is 1.95 bits per heavy atom. The van der Waals surface area contributed by atoms with Crippen LogP contribution in [-0.4, -0.2) is 29.6 Å². The Balaban J connectivity index is 1.84. The first-order valence-corrected chi connectivity index (χ1v) is 8.59. The molecule has 2 aliphatic rings. The largest absolute Gasteiger partial charge is 0.389 e. The average Bonchev–Trinajstić information content (AvgIpc) is 2.61. The Kier molecular flexibility index (Phi) is 3.30. The molecule has 112 valence electrons. The zero-order valence-corrected chi connectivity index (χ0v) is 12.2. The van der Waals surface area contributed by atoms with Crippen LogP contribution in [0.1, 0.15) is 36.8 Å². The maximum absolute atomic E-state index is 13.9. The number of hydrogen-bond acceptors (Lipinski definition) is 4. The molecule has 2 unspecified atom stereocenters. The first-order chi connectivity index (χ1) is 9.84. The molecule has 2 saturated heterocycles. The van der Waals surface area contributed by atoms with Gasteiger partial charge in [0, 0.05) is 6.42 Å². The van der Waals surface area contributed by atoms with Gasteiger partial charge < -0.3 is 5.11 Å². The Bertz CT molecular complexity index is 703. The van der Waals surface area contributed by atoms with Gasteiger partial charge in [-0.2, -0.15) is 5.26 Å². The van der Waals surface area contributed by atoms with E-state index in [1.807, 2.05) is 6.07 Å². The van der Waals surface area contributed by atoms with Crippen molar-refractivity contribution in [1.29, 1.82) is 5.26 Å². The summed E-state index contributed by atoms with van der Waals surface area (Å²) in [7, 11) is -3.11. The lowest BCUT2D eigenvalue weighted by Gasteiger charge is -2.36. The molecule has 1 aromatic rings. The van der Waals surface area contributed by atoms with E-state index in [2.05, 4.69) is 0 Å². The molecular formula is C15H16FNO3S. The van der Waals surface area contributed by atoms with Gasteiger partial charge in [0.15, 0.2) is 9.84 Å². The van der Waals surface area contributed by atoms with Crippen molar-refractivity contribution in [3.8, 4) is 6.07 Å². The summed E-state index contributed by atoms with van der Waals surface area (Å²) in [6.07, 6.45) is 1.61. The number of fused-ring (bicyclic) bond motifs is 2. The lowest BCUT2D eigenvalue weighted by Crippen LogP contribution is -2.46. The maximum Gasteiger partial charge on any atom is 0.156 e. The van der Waals surface area contributed by atoms with Crippen molar-refractivity contribution in [1.82, 2.24) is 0 Å². The van der Waals surface area contributed by atoms with E-state index in [0.717, 1.165) is 6.07 Å². The summed E-state index contributed by atoms with van der Waals surface area (Å²) < 4.78 is 38.0. The minimum absolute atomic E-state index is 0.0903. The molecule has 0 radical (unpaired) electrons. The van der Waals surface area contributed by atoms with E-state index >= 15 is 0 Å². The van der Waals surface area contributed by atoms with Crippen LogP contribution >= 0.6 is 0 Å². The van der Waals surface area contributed by atoms with Gasteiger partial charge in [0.25, 0.3) is 0 Å². The first kappa shape index (κ1) is 14.5. The van der Waals surface area contributed by atoms with E-state index in [4.69, 9.17) is 5.26 Å². The average molecular weight is 309 g/mol. The van der Waals surface area contributed by atoms with Crippen LogP contribution in [0.4, 0.5) is 4.39 Å². The molecule has 0 saturated carbocycles. The molecule has 4 nitrogen and oxygen atoms in total. The molecule has 1 N–H and O–H groups in total. The first-order valence-electron chi connectivity index (χ1n) is 6.98. The van der Waals surface area contributed by atoms with Crippen molar-refractivity contribution < 1.29 is 17.9 Å². The van der Waals surface area contributed by atoms with Gasteiger partial charge in [-0.25, -0.2) is 12.8 Å². The maximum atomic E-state index is 13.9. The number of benzene rings is 1. The summed E-state index contributed by atoms with van der Waals surface area (Å²) in [4.78, 5) is 0. The third kappa shape index (κ3) is 2.45. The highest BCUT2D eigenvalue weighted by Crippen LogP contribution is 2.44. The van der Waals surface area contributed by atoms with Gasteiger partial charge in [-0.1, -0.05) is 6.07 Å². The number of hydrogen-bond donors (Lipinski definition) is 1. The van der Waals surface area contributed by atoms with Crippen LogP contribution in [0.25, 0.3) is 0 Å². The van der Waals surface area contributed by atoms with Crippen LogP contribution < -0.4 is 0 Å². The molecule has 1 aromatic carbocycles. The van der Waals surface area contributed by atoms with Crippen LogP contribution in [0, 0.1) is 17.1 Å². The van der Waals surface area contributed by atoms with Crippen molar-refractivity contribution in [3.63, 3.8) is 0 Å². The Labute approximate surface area is 123 Å². The highest BCUT2D eigenvalue weighted by molar-refractivity contribution is 7.93. The third-order valence-electron chi connectivity index (χ3n) is 4.66. The van der Waals surface area contributed by atoms with Crippen molar-refractivity contribution in [2.45, 2.75) is 48.2 Å². The second-order valence-corrected chi connectivity index (χ2v) is 8.65. The molecule has 2 fully saturated rings. The predicted octanol–water partition coefficient (Wildman–Crippen LogP) is 1.71. The number of halogens is 1. The summed E-state index contributed by atoms with van der Waals surface area (Å²) in [6, 6.07) is 6.01. The SMILES string of the molecule is N#Cc1ccc(CC2(O)CC3CCC(C2)S3(=O)=O)c(F)c1. The fraction of sp³-hybridized carbons (Fsp3) is 0.533. The highest BCUT2D eigenvalue weighted by Gasteiger charge is 2.52. The Morgan fingerprint density at radius 3 is 2.48 bits per heavy atom. The van der Waals surface area contributed by atoms with E-state index in [0.29, 0.717) is 18.4 Å². The Hall–Kier alpha value is -1.45. The molecule has 0 amide bonds. The molecule has 21 heavy (non-hydrogen) atoms. The van der Waals surface area contributed by atoms with E-state index in [1.165, 1.54) is 12.1 Å². The summed E-state index contributed by atoms with van der Waals surface area (Å²) in [5.41, 5.74) is -0.615. The molecule has 2 aliphatic heterocycles. The van der Waals surface area contributed by atoms with Crippen LogP contribution in [0.2, 0.25) is 0 Å². The summed E-state index contributed by atoms with van der Waals surface area (Å²) >= 11 is 0. The molecular weight excluding hydrogens is 293 g/mol. The summed E-state index contributed by atoms with van der Waals surface area (Å²) in [5.74, 6) is -0.525. The lowest BCUT2D eigenvalue weighted by molar-refractivity contribution is 0.0212. The molecule has 6 heteroatoms. The second-order valence-electron chi connectivity index (χ2n) is 6.14. The van der Waals surface area contributed by atoms with Crippen LogP contribution in [0.5, 0.6) is 0 Å². The molecule has 3 rings (SSSR count). The molecule has 2 heterocycles. The predicted molar refractivity (Wildman–Crippen MR) is 74.7 cm³/mol. The van der Waals surface area contributed by atoms with Crippen molar-refractivity contribution >= 4 is 9.84 Å². The number of aliphatic hydroxyl groups is 1. The number of nitrogens with zero attached hydrogens (tertiary/aromatic N) is 1. The molecule has 0 aliphatic carbocycles. The molecule has 0 spiro atoms. The second kappa shape index (κ2) is 4.79. The zero-order chi connectivity index (χ0) is 15.3. The van der Waals surface area contributed by atoms with Gasteiger partial charge in [-0.05, 0) is 43.4 Å². The van der Waals surface area contributed by atoms with Crippen LogP contribution in [0.15, 0.2) is 18.2 Å². The van der Waals surface area contributed by atoms with Gasteiger partial charge in [-0.15, -0.1) is 0 Å². The van der Waals surface area contributed by atoms with Crippen molar-refractivity contribution in [2.24, 2.45) is 0 Å². The minimum Gasteiger partial charge on any atom is -0.389 e. The van der Waals surface area contributed by atoms with E-state index < -0.39 is 31.8 Å². The topological polar surface area (TPSA) is 78.2 Å². The molecule has 2 atom stereocenters. The van der Waals surface area contributed by atoms with Crippen LogP contribution in [-0.2, 0) is 16.3 Å². The number of sulfone groups is 1. The van der Waals surface area contributed by atoms with Crippen LogP contribution in [0.3, 0.4) is 0 Å². The van der Waals surface area contributed by atoms with Gasteiger partial charge in [0.2, 0.25) is 0 Å². The number of rotatable bonds is 2. The summed E-state index contributed by atoms with van der Waals surface area (Å²) in [5, 5.41) is 18.4. The van der Waals surface area contributed by atoms with E-state index in [9.17, 15) is 17.9 Å². The lowest BCUT2D eigenvalue weighted by atomic mass is 9.86. The highest BCUT2D eigenvalue weighted by atomic mass is 32.2. The smallest absolute Gasteiger partial charge is 0.156 e. The Morgan fingerprint density at radius 1 is 1.33 bits per heavy atom. The van der Waals surface area contributed by atoms with Gasteiger partial charge in [0.05, 0.1) is 27.7 Å². The summed E-state index contributed by atoms with van der Waals surface area (Å²) in [6.45, 7) is 0. The molecule has 2 bridgehead atoms. The van der Waals surface area contributed by atoms with Crippen molar-refractivity contribution in [3.05, 3.63) is 35.1 Å². The van der Waals surface area contributed by atoms with Gasteiger partial charge in [0.1, 0.15) is 5.82 Å². The standard InChI is InChI=1S/C15H16FNO3S/c16-14-5-10(9-17)1-2-11(14)6-15(18)7-12-3-4-13(8-15)21(12,19)20/h1-2,5,12-13,18H,3-4,6-8H2. The zero-order valence-electron chi connectivity index (χ0n) is 11.4. The normalized spacial score (nSPS) is 33.6. The van der Waals surface area contributed by atoms with Crippen molar-refractivity contribution in [2.75, 3.05) is 0 Å².